The molecule has 1 aliphatic heterocycles. The first-order chi connectivity index (χ1) is 9.97. The second-order valence-electron chi connectivity index (χ2n) is 3.96. The van der Waals surface area contributed by atoms with Gasteiger partial charge >= 0.3 is 5.97 Å². The third-order valence-electron chi connectivity index (χ3n) is 2.32. The zero-order valence-corrected chi connectivity index (χ0v) is 13.2. The maximum atomic E-state index is 11.6. The maximum Gasteiger partial charge on any atom is 0.354 e. The number of aliphatic imine (C=N–C) groups is 1. The number of amidine groups is 1. The van der Waals surface area contributed by atoms with E-state index in [1.165, 1.54) is 31.9 Å². The first kappa shape index (κ1) is 17.0. The summed E-state index contributed by atoms with van der Waals surface area (Å²) in [7, 11) is 1.25. The zero-order chi connectivity index (χ0) is 15.8. The van der Waals surface area contributed by atoms with Crippen LogP contribution in [0.25, 0.3) is 0 Å². The number of carbonyl (C=O) groups is 2. The number of methoxy groups -OCH3 is 1. The van der Waals surface area contributed by atoms with E-state index in [2.05, 4.69) is 25.6 Å². The number of ether oxygens (including phenoxy) is 1. The fraction of sp³-hybridized carbons (Fsp3) is 0.385. The average Bonchev–Trinajstić information content (AvgIpc) is 2.45. The lowest BCUT2D eigenvalue weighted by molar-refractivity contribution is -0.137. The Morgan fingerprint density at radius 2 is 2.19 bits per heavy atom. The van der Waals surface area contributed by atoms with Crippen LogP contribution in [0.3, 0.4) is 0 Å². The van der Waals surface area contributed by atoms with Crippen LogP contribution in [0.5, 0.6) is 0 Å². The molecule has 0 aliphatic carbocycles. The Hall–Kier alpha value is -2.09. The van der Waals surface area contributed by atoms with Gasteiger partial charge in [0.2, 0.25) is 5.91 Å². The third kappa shape index (κ3) is 5.42. The monoisotopic (exact) mass is 310 g/mol. The molecule has 0 aromatic rings. The lowest BCUT2D eigenvalue weighted by Crippen LogP contribution is -2.25. The van der Waals surface area contributed by atoms with Gasteiger partial charge in [0.1, 0.15) is 5.70 Å². The molecule has 1 amide bonds. The van der Waals surface area contributed by atoms with Crippen molar-refractivity contribution in [3.8, 4) is 0 Å². The minimum Gasteiger partial charge on any atom is -0.464 e. The number of nitrogens with zero attached hydrogens (tertiary/aromatic N) is 2. The summed E-state index contributed by atoms with van der Waals surface area (Å²) in [5.41, 5.74) is 4.16. The highest BCUT2D eigenvalue weighted by molar-refractivity contribution is 8.13. The van der Waals surface area contributed by atoms with Gasteiger partial charge in [-0.2, -0.15) is 5.10 Å². The van der Waals surface area contributed by atoms with Gasteiger partial charge in [0.15, 0.2) is 5.17 Å². The van der Waals surface area contributed by atoms with Gasteiger partial charge in [-0.05, 0) is 24.8 Å². The molecule has 2 N–H and O–H groups in total. The molecule has 0 saturated carbocycles. The number of carbonyl (C=O) groups excluding carboxylic acids is 2. The van der Waals surface area contributed by atoms with Crippen molar-refractivity contribution >= 4 is 34.5 Å². The molecule has 0 atom stereocenters. The summed E-state index contributed by atoms with van der Waals surface area (Å²) < 4.78 is 4.61. The van der Waals surface area contributed by atoms with E-state index in [9.17, 15) is 9.59 Å². The van der Waals surface area contributed by atoms with Gasteiger partial charge in [-0.3, -0.25) is 10.2 Å². The molecule has 0 radical (unpaired) electrons. The van der Waals surface area contributed by atoms with Gasteiger partial charge in [0, 0.05) is 6.92 Å². The smallest absolute Gasteiger partial charge is 0.354 e. The van der Waals surface area contributed by atoms with E-state index in [1.54, 1.807) is 13.0 Å². The summed E-state index contributed by atoms with van der Waals surface area (Å²) in [6.07, 6.45) is 3.06. The maximum absolute atomic E-state index is 11.6. The van der Waals surface area contributed by atoms with Crippen molar-refractivity contribution in [2.45, 2.75) is 20.8 Å². The number of amides is 1. The van der Waals surface area contributed by atoms with Crippen molar-refractivity contribution in [1.29, 1.82) is 0 Å². The second kappa shape index (κ2) is 8.25. The van der Waals surface area contributed by atoms with Crippen LogP contribution in [0.2, 0.25) is 0 Å². The molecule has 21 heavy (non-hydrogen) atoms. The SMILES string of the molecule is CCSC1=N/C(=C\C=C(/NC(C)=O)C(=O)OC)C(C)=NN1. The molecule has 8 heteroatoms. The largest absolute Gasteiger partial charge is 0.464 e. The number of esters is 1. The molecule has 0 bridgehead atoms. The van der Waals surface area contributed by atoms with Crippen molar-refractivity contribution in [2.75, 3.05) is 12.9 Å². The number of rotatable bonds is 4. The van der Waals surface area contributed by atoms with Gasteiger partial charge in [-0.25, -0.2) is 9.79 Å². The normalized spacial score (nSPS) is 16.8. The van der Waals surface area contributed by atoms with Crippen LogP contribution < -0.4 is 10.7 Å². The van der Waals surface area contributed by atoms with Crippen LogP contribution in [0, 0.1) is 0 Å². The number of nitrogens with one attached hydrogen (secondary N) is 2. The zero-order valence-electron chi connectivity index (χ0n) is 12.4. The quantitative estimate of drug-likeness (QED) is 0.600. The average molecular weight is 310 g/mol. The van der Waals surface area contributed by atoms with E-state index in [4.69, 9.17) is 0 Å². The van der Waals surface area contributed by atoms with Crippen molar-refractivity contribution in [3.05, 3.63) is 23.5 Å². The number of hydrogen-bond donors (Lipinski definition) is 2. The molecule has 0 aromatic carbocycles. The minimum absolute atomic E-state index is 0.0451. The second-order valence-corrected chi connectivity index (χ2v) is 5.22. The van der Waals surface area contributed by atoms with E-state index >= 15 is 0 Å². The van der Waals surface area contributed by atoms with Crippen molar-refractivity contribution in [3.63, 3.8) is 0 Å². The molecule has 1 aliphatic rings. The lowest BCUT2D eigenvalue weighted by atomic mass is 10.2. The third-order valence-corrected chi connectivity index (χ3v) is 3.06. The number of hydrazone groups is 1. The van der Waals surface area contributed by atoms with Gasteiger partial charge in [-0.15, -0.1) is 0 Å². The first-order valence-corrected chi connectivity index (χ1v) is 7.26. The van der Waals surface area contributed by atoms with Crippen LogP contribution >= 0.6 is 11.8 Å². The van der Waals surface area contributed by atoms with Crippen molar-refractivity contribution in [1.82, 2.24) is 10.7 Å². The fourth-order valence-electron chi connectivity index (χ4n) is 1.39. The Kier molecular flexibility index (Phi) is 6.67. The minimum atomic E-state index is -0.627. The van der Waals surface area contributed by atoms with Crippen LogP contribution in [-0.2, 0) is 14.3 Å². The Labute approximate surface area is 127 Å². The molecular weight excluding hydrogens is 292 g/mol. The van der Waals surface area contributed by atoms with E-state index in [-0.39, 0.29) is 11.6 Å². The molecule has 1 heterocycles. The molecule has 7 nitrogen and oxygen atoms in total. The number of thioether (sulfide) groups is 1. The Morgan fingerprint density at radius 3 is 2.76 bits per heavy atom. The molecule has 0 unspecified atom stereocenters. The molecule has 0 spiro atoms. The predicted octanol–water partition coefficient (Wildman–Crippen LogP) is 1.15. The summed E-state index contributed by atoms with van der Waals surface area (Å²) in [5, 5.41) is 7.23. The standard InChI is InChI=1S/C13H18N4O3S/c1-5-21-13-15-10(8(2)16-17-13)6-7-11(12(19)20-4)14-9(3)18/h6-7H,5H2,1-4H3,(H,14,18)(H,15,17)/b10-6-,11-7-. The number of hydrogen-bond acceptors (Lipinski definition) is 7. The van der Waals surface area contributed by atoms with Gasteiger partial charge in [0.25, 0.3) is 0 Å². The highest BCUT2D eigenvalue weighted by Gasteiger charge is 2.12. The molecule has 0 saturated heterocycles. The van der Waals surface area contributed by atoms with E-state index < -0.39 is 5.97 Å². The van der Waals surface area contributed by atoms with Gasteiger partial charge in [-0.1, -0.05) is 18.7 Å². The molecular formula is C13H18N4O3S. The molecule has 0 aromatic heterocycles. The summed E-state index contributed by atoms with van der Waals surface area (Å²) in [5.74, 6) is -0.118. The van der Waals surface area contributed by atoms with Gasteiger partial charge in [0.05, 0.1) is 18.5 Å². The van der Waals surface area contributed by atoms with Crippen molar-refractivity contribution in [2.24, 2.45) is 10.1 Å². The molecule has 1 rings (SSSR count). The van der Waals surface area contributed by atoms with Crippen LogP contribution in [-0.4, -0.2) is 35.6 Å². The van der Waals surface area contributed by atoms with Crippen LogP contribution in [0.15, 0.2) is 33.6 Å². The van der Waals surface area contributed by atoms with Crippen LogP contribution in [0.4, 0.5) is 0 Å². The molecule has 114 valence electrons. The highest BCUT2D eigenvalue weighted by atomic mass is 32.2. The Morgan fingerprint density at radius 1 is 1.48 bits per heavy atom. The Balaban J connectivity index is 3.03. The fourth-order valence-corrected chi connectivity index (χ4v) is 1.93. The lowest BCUT2D eigenvalue weighted by Gasteiger charge is -2.12. The summed E-state index contributed by atoms with van der Waals surface area (Å²) in [6, 6.07) is 0. The topological polar surface area (TPSA) is 92.2 Å². The van der Waals surface area contributed by atoms with E-state index in [0.29, 0.717) is 16.6 Å². The van der Waals surface area contributed by atoms with E-state index in [0.717, 1.165) is 5.75 Å². The van der Waals surface area contributed by atoms with Gasteiger partial charge < -0.3 is 10.1 Å². The summed E-state index contributed by atoms with van der Waals surface area (Å²) in [6.45, 7) is 5.12. The predicted molar refractivity (Wildman–Crippen MR) is 83.8 cm³/mol. The van der Waals surface area contributed by atoms with Crippen molar-refractivity contribution < 1.29 is 14.3 Å². The highest BCUT2D eigenvalue weighted by Crippen LogP contribution is 2.12. The summed E-state index contributed by atoms with van der Waals surface area (Å²) in [4.78, 5) is 27.0. The van der Waals surface area contributed by atoms with Crippen LogP contribution in [0.1, 0.15) is 20.8 Å². The summed E-state index contributed by atoms with van der Waals surface area (Å²) >= 11 is 1.52. The molecule has 0 fully saturated rings. The first-order valence-electron chi connectivity index (χ1n) is 6.28. The Bertz CT molecular complexity index is 550. The number of allylic oxidation sites excluding steroid dienone is 3. The van der Waals surface area contributed by atoms with E-state index in [1.807, 2.05) is 6.92 Å².